The van der Waals surface area contributed by atoms with Crippen LogP contribution in [0.2, 0.25) is 0 Å². The monoisotopic (exact) mass is 133 g/mol. The molecule has 0 aliphatic rings. The summed E-state index contributed by atoms with van der Waals surface area (Å²) in [6.45, 7) is 1.47. The van der Waals surface area contributed by atoms with Gasteiger partial charge in [0.25, 0.3) is 0 Å². The Labute approximate surface area is 53.3 Å². The van der Waals surface area contributed by atoms with Crippen LogP contribution in [0.5, 0.6) is 0 Å². The van der Waals surface area contributed by atoms with Gasteiger partial charge in [0.15, 0.2) is 0 Å². The number of carboxylic acids is 1. The highest BCUT2D eigenvalue weighted by molar-refractivity contribution is 5.67. The van der Waals surface area contributed by atoms with E-state index in [0.717, 1.165) is 0 Å². The van der Waals surface area contributed by atoms with E-state index in [2.05, 4.69) is 0 Å². The molecular weight excluding hydrogens is 122 g/mol. The van der Waals surface area contributed by atoms with Crippen molar-refractivity contribution in [1.82, 2.24) is 0 Å². The predicted molar refractivity (Wildman–Crippen MR) is 31.9 cm³/mol. The summed E-state index contributed by atoms with van der Waals surface area (Å²) in [4.78, 5) is 9.92. The van der Waals surface area contributed by atoms with E-state index in [1.165, 1.54) is 6.92 Å². The standard InChI is InChI=1S/C5H11NO3/c1-3(7)4(6)2-5(8)9/h3-4,7H,2,6H2,1H3,(H,8,9)/t3-,4+/m0/s1. The molecule has 4 heteroatoms. The summed E-state index contributed by atoms with van der Waals surface area (Å²) in [5, 5.41) is 16.8. The molecule has 0 fully saturated rings. The second-order valence-electron chi connectivity index (χ2n) is 2.00. The summed E-state index contributed by atoms with van der Waals surface area (Å²) < 4.78 is 0. The smallest absolute Gasteiger partial charge is 0.305 e. The highest BCUT2D eigenvalue weighted by Gasteiger charge is 2.12. The van der Waals surface area contributed by atoms with Gasteiger partial charge in [0, 0.05) is 6.04 Å². The molecule has 0 saturated carbocycles. The second kappa shape index (κ2) is 3.42. The number of nitrogens with two attached hydrogens (primary N) is 1. The highest BCUT2D eigenvalue weighted by Crippen LogP contribution is 1.93. The van der Waals surface area contributed by atoms with Crippen molar-refractivity contribution in [1.29, 1.82) is 0 Å². The molecule has 0 amide bonds. The van der Waals surface area contributed by atoms with Gasteiger partial charge in [-0.2, -0.15) is 0 Å². The topological polar surface area (TPSA) is 83.5 Å². The normalized spacial score (nSPS) is 16.8. The lowest BCUT2D eigenvalue weighted by atomic mass is 10.1. The first kappa shape index (κ1) is 8.39. The molecule has 0 aromatic heterocycles. The van der Waals surface area contributed by atoms with E-state index >= 15 is 0 Å². The Bertz CT molecular complexity index is 102. The number of aliphatic carboxylic acids is 1. The molecule has 0 unspecified atom stereocenters. The van der Waals surface area contributed by atoms with Gasteiger partial charge in [0.2, 0.25) is 0 Å². The Morgan fingerprint density at radius 3 is 2.33 bits per heavy atom. The van der Waals surface area contributed by atoms with Crippen LogP contribution in [0.4, 0.5) is 0 Å². The fourth-order valence-corrected chi connectivity index (χ4v) is 0.372. The molecule has 9 heavy (non-hydrogen) atoms. The Kier molecular flexibility index (Phi) is 3.19. The van der Waals surface area contributed by atoms with Crippen LogP contribution in [0.25, 0.3) is 0 Å². The summed E-state index contributed by atoms with van der Waals surface area (Å²) in [5.41, 5.74) is 5.19. The number of carboxylic acid groups (broad SMARTS) is 1. The summed E-state index contributed by atoms with van der Waals surface area (Å²) in [6.07, 6.45) is -0.932. The fraction of sp³-hybridized carbons (Fsp3) is 0.800. The molecule has 4 N–H and O–H groups in total. The van der Waals surface area contributed by atoms with E-state index in [4.69, 9.17) is 15.9 Å². The zero-order valence-corrected chi connectivity index (χ0v) is 5.24. The van der Waals surface area contributed by atoms with Gasteiger partial charge in [0.1, 0.15) is 0 Å². The SMILES string of the molecule is C[C@H](O)[C@H](N)CC(=O)O. The van der Waals surface area contributed by atoms with Crippen molar-refractivity contribution in [3.63, 3.8) is 0 Å². The van der Waals surface area contributed by atoms with Crippen LogP contribution < -0.4 is 5.73 Å². The van der Waals surface area contributed by atoms with Gasteiger partial charge >= 0.3 is 5.97 Å². The van der Waals surface area contributed by atoms with E-state index < -0.39 is 18.1 Å². The van der Waals surface area contributed by atoms with Crippen molar-refractivity contribution in [2.75, 3.05) is 0 Å². The minimum atomic E-state index is -0.983. The Morgan fingerprint density at radius 1 is 1.78 bits per heavy atom. The van der Waals surface area contributed by atoms with Crippen molar-refractivity contribution in [3.8, 4) is 0 Å². The van der Waals surface area contributed by atoms with Crippen LogP contribution >= 0.6 is 0 Å². The van der Waals surface area contributed by atoms with Crippen LogP contribution in [-0.2, 0) is 4.79 Å². The Balaban J connectivity index is 3.50. The summed E-state index contributed by atoms with van der Waals surface area (Å²) >= 11 is 0. The largest absolute Gasteiger partial charge is 0.481 e. The molecule has 0 bridgehead atoms. The molecular formula is C5H11NO3. The van der Waals surface area contributed by atoms with Crippen molar-refractivity contribution in [2.45, 2.75) is 25.5 Å². The maximum atomic E-state index is 9.92. The van der Waals surface area contributed by atoms with E-state index in [-0.39, 0.29) is 6.42 Å². The van der Waals surface area contributed by atoms with E-state index in [0.29, 0.717) is 0 Å². The van der Waals surface area contributed by atoms with Gasteiger partial charge in [-0.3, -0.25) is 4.79 Å². The van der Waals surface area contributed by atoms with Gasteiger partial charge < -0.3 is 15.9 Å². The minimum absolute atomic E-state index is 0.183. The maximum Gasteiger partial charge on any atom is 0.305 e. The lowest BCUT2D eigenvalue weighted by molar-refractivity contribution is -0.138. The van der Waals surface area contributed by atoms with Crippen LogP contribution in [0.15, 0.2) is 0 Å². The number of aliphatic hydroxyl groups excluding tert-OH is 1. The Hall–Kier alpha value is -0.610. The average Bonchev–Trinajstić information content (AvgIpc) is 1.63. The first-order valence-corrected chi connectivity index (χ1v) is 2.69. The third kappa shape index (κ3) is 3.93. The highest BCUT2D eigenvalue weighted by atomic mass is 16.4. The van der Waals surface area contributed by atoms with Crippen LogP contribution in [0, 0.1) is 0 Å². The zero-order chi connectivity index (χ0) is 7.44. The third-order valence-corrected chi connectivity index (χ3v) is 1.03. The molecule has 0 aromatic carbocycles. The molecule has 0 aliphatic heterocycles. The van der Waals surface area contributed by atoms with Crippen molar-refractivity contribution < 1.29 is 15.0 Å². The number of carbonyl (C=O) groups is 1. The zero-order valence-electron chi connectivity index (χ0n) is 5.24. The number of rotatable bonds is 3. The minimum Gasteiger partial charge on any atom is -0.481 e. The van der Waals surface area contributed by atoms with Crippen LogP contribution in [-0.4, -0.2) is 28.3 Å². The first-order valence-electron chi connectivity index (χ1n) is 2.69. The quantitative estimate of drug-likeness (QED) is 0.469. The molecule has 0 spiro atoms. The summed E-state index contributed by atoms with van der Waals surface area (Å²) in [6, 6.07) is -0.650. The maximum absolute atomic E-state index is 9.92. The van der Waals surface area contributed by atoms with Crippen molar-refractivity contribution in [2.24, 2.45) is 5.73 Å². The average molecular weight is 133 g/mol. The Morgan fingerprint density at radius 2 is 2.22 bits per heavy atom. The molecule has 0 heterocycles. The number of hydrogen-bond acceptors (Lipinski definition) is 3. The first-order chi connectivity index (χ1) is 4.04. The van der Waals surface area contributed by atoms with Crippen molar-refractivity contribution >= 4 is 5.97 Å². The molecule has 0 aliphatic carbocycles. The van der Waals surface area contributed by atoms with Gasteiger partial charge in [0.05, 0.1) is 12.5 Å². The van der Waals surface area contributed by atoms with E-state index in [1.807, 2.05) is 0 Å². The van der Waals surface area contributed by atoms with Gasteiger partial charge in [-0.15, -0.1) is 0 Å². The molecule has 0 rings (SSSR count). The van der Waals surface area contributed by atoms with E-state index in [9.17, 15) is 4.79 Å². The third-order valence-electron chi connectivity index (χ3n) is 1.03. The molecule has 0 aromatic rings. The lowest BCUT2D eigenvalue weighted by Gasteiger charge is -2.10. The van der Waals surface area contributed by atoms with Gasteiger partial charge in [-0.1, -0.05) is 0 Å². The molecule has 54 valence electrons. The van der Waals surface area contributed by atoms with Gasteiger partial charge in [-0.05, 0) is 6.92 Å². The number of hydrogen-bond donors (Lipinski definition) is 3. The lowest BCUT2D eigenvalue weighted by Crippen LogP contribution is -2.34. The number of aliphatic hydroxyl groups is 1. The molecule has 0 radical (unpaired) electrons. The molecule has 4 nitrogen and oxygen atoms in total. The predicted octanol–water partition coefficient (Wildman–Crippen LogP) is -0.831. The van der Waals surface area contributed by atoms with Crippen molar-refractivity contribution in [3.05, 3.63) is 0 Å². The van der Waals surface area contributed by atoms with Crippen LogP contribution in [0.1, 0.15) is 13.3 Å². The second-order valence-corrected chi connectivity index (χ2v) is 2.00. The molecule has 2 atom stereocenters. The van der Waals surface area contributed by atoms with Gasteiger partial charge in [-0.25, -0.2) is 0 Å². The van der Waals surface area contributed by atoms with Crippen LogP contribution in [0.3, 0.4) is 0 Å². The summed E-state index contributed by atoms with van der Waals surface area (Å²) in [7, 11) is 0. The molecule has 0 saturated heterocycles. The summed E-state index contributed by atoms with van der Waals surface area (Å²) in [5.74, 6) is -0.983. The fourth-order valence-electron chi connectivity index (χ4n) is 0.372. The van der Waals surface area contributed by atoms with E-state index in [1.54, 1.807) is 0 Å².